The number of nitrogens with zero attached hydrogens (tertiary/aromatic N) is 1. The van der Waals surface area contributed by atoms with Crippen LogP contribution in [0.5, 0.6) is 0 Å². The molecular weight excluding hydrogens is 208 g/mol. The molecule has 0 aliphatic heterocycles. The Bertz CT molecular complexity index is 235. The zero-order valence-corrected chi connectivity index (χ0v) is 11.5. The molecule has 0 aromatic rings. The maximum atomic E-state index is 3.83. The van der Waals surface area contributed by atoms with Gasteiger partial charge in [-0.05, 0) is 24.7 Å². The smallest absolute Gasteiger partial charge is 0.0164 e. The summed E-state index contributed by atoms with van der Waals surface area (Å²) in [5.74, 6) is 0. The van der Waals surface area contributed by atoms with Crippen molar-refractivity contribution in [2.45, 2.75) is 39.2 Å². The van der Waals surface area contributed by atoms with E-state index in [0.29, 0.717) is 5.41 Å². The fraction of sp³-hybridized carbons (Fsp3) is 0.733. The molecule has 17 heavy (non-hydrogen) atoms. The van der Waals surface area contributed by atoms with Crippen molar-refractivity contribution in [3.63, 3.8) is 0 Å². The van der Waals surface area contributed by atoms with Gasteiger partial charge in [0.25, 0.3) is 0 Å². The Balaban J connectivity index is 2.43. The van der Waals surface area contributed by atoms with Crippen LogP contribution in [-0.2, 0) is 0 Å². The summed E-state index contributed by atoms with van der Waals surface area (Å²) in [6, 6.07) is 0.799. The summed E-state index contributed by atoms with van der Waals surface area (Å²) < 4.78 is 0. The lowest BCUT2D eigenvalue weighted by Gasteiger charge is -2.34. The Kier molecular flexibility index (Phi) is 5.93. The Labute approximate surface area is 107 Å². The summed E-state index contributed by atoms with van der Waals surface area (Å²) in [6.45, 7) is 16.5. The Morgan fingerprint density at radius 2 is 1.88 bits per heavy atom. The largest absolute Gasteiger partial charge is 0.313 e. The summed E-state index contributed by atoms with van der Waals surface area (Å²) in [5.41, 5.74) is 0.356. The van der Waals surface area contributed by atoms with E-state index in [0.717, 1.165) is 32.2 Å². The summed E-state index contributed by atoms with van der Waals surface area (Å²) in [4.78, 5) is 2.41. The minimum atomic E-state index is 0.356. The van der Waals surface area contributed by atoms with Crippen LogP contribution in [0.2, 0.25) is 0 Å². The van der Waals surface area contributed by atoms with Crippen LogP contribution in [0.3, 0.4) is 0 Å². The third kappa shape index (κ3) is 5.51. The fourth-order valence-electron chi connectivity index (χ4n) is 2.08. The highest BCUT2D eigenvalue weighted by Gasteiger charge is 2.28. The zero-order valence-electron chi connectivity index (χ0n) is 11.5. The summed E-state index contributed by atoms with van der Waals surface area (Å²) in [5, 5.41) is 3.66. The van der Waals surface area contributed by atoms with Gasteiger partial charge >= 0.3 is 0 Å². The van der Waals surface area contributed by atoms with E-state index < -0.39 is 0 Å². The van der Waals surface area contributed by atoms with Crippen LogP contribution in [0.4, 0.5) is 0 Å². The molecule has 0 bridgehead atoms. The molecule has 0 aromatic heterocycles. The maximum absolute atomic E-state index is 3.83. The highest BCUT2D eigenvalue weighted by molar-refractivity contribution is 4.89. The molecule has 1 aliphatic carbocycles. The highest BCUT2D eigenvalue weighted by Crippen LogP contribution is 2.25. The van der Waals surface area contributed by atoms with Gasteiger partial charge in [-0.2, -0.15) is 0 Å². The van der Waals surface area contributed by atoms with Crippen molar-refractivity contribution < 1.29 is 0 Å². The number of nitrogens with one attached hydrogen (secondary N) is 1. The van der Waals surface area contributed by atoms with Gasteiger partial charge < -0.3 is 5.32 Å². The standard InChI is InChI=1S/C15H28N2/c1-5-10-17(11-6-2)13-15(4,7-3)12-16-14-8-9-14/h5-6,14,16H,1-2,7-13H2,3-4H3. The van der Waals surface area contributed by atoms with Crippen LogP contribution in [0.15, 0.2) is 25.3 Å². The minimum absolute atomic E-state index is 0.356. The first-order chi connectivity index (χ1) is 8.13. The van der Waals surface area contributed by atoms with E-state index >= 15 is 0 Å². The second kappa shape index (κ2) is 6.97. The molecule has 98 valence electrons. The predicted octanol–water partition coefficient (Wildman–Crippen LogP) is 2.83. The van der Waals surface area contributed by atoms with Crippen LogP contribution >= 0.6 is 0 Å². The molecule has 0 heterocycles. The van der Waals surface area contributed by atoms with Gasteiger partial charge in [-0.25, -0.2) is 0 Å². The fourth-order valence-corrected chi connectivity index (χ4v) is 2.08. The topological polar surface area (TPSA) is 15.3 Å². The van der Waals surface area contributed by atoms with E-state index in [1.807, 2.05) is 12.2 Å². The van der Waals surface area contributed by atoms with Gasteiger partial charge in [-0.15, -0.1) is 13.2 Å². The average Bonchev–Trinajstić information content (AvgIpc) is 3.11. The Morgan fingerprint density at radius 3 is 2.29 bits per heavy atom. The van der Waals surface area contributed by atoms with Crippen molar-refractivity contribution >= 4 is 0 Å². The van der Waals surface area contributed by atoms with E-state index in [9.17, 15) is 0 Å². The molecule has 0 aromatic carbocycles. The second-order valence-corrected chi connectivity index (χ2v) is 5.59. The molecule has 1 unspecified atom stereocenters. The zero-order chi connectivity index (χ0) is 12.7. The Hall–Kier alpha value is -0.600. The maximum Gasteiger partial charge on any atom is 0.0164 e. The summed E-state index contributed by atoms with van der Waals surface area (Å²) in [6.07, 6.45) is 7.89. The van der Waals surface area contributed by atoms with Gasteiger partial charge in [-0.3, -0.25) is 4.90 Å². The Morgan fingerprint density at radius 1 is 1.29 bits per heavy atom. The third-order valence-corrected chi connectivity index (χ3v) is 3.63. The van der Waals surface area contributed by atoms with Crippen molar-refractivity contribution in [3.8, 4) is 0 Å². The molecule has 0 saturated heterocycles. The van der Waals surface area contributed by atoms with Crippen LogP contribution in [0.25, 0.3) is 0 Å². The molecule has 1 atom stereocenters. The molecule has 1 fully saturated rings. The lowest BCUT2D eigenvalue weighted by molar-refractivity contribution is 0.178. The van der Waals surface area contributed by atoms with Crippen LogP contribution in [0.1, 0.15) is 33.1 Å². The van der Waals surface area contributed by atoms with Gasteiger partial charge in [-0.1, -0.05) is 26.0 Å². The van der Waals surface area contributed by atoms with Gasteiger partial charge in [0.15, 0.2) is 0 Å². The van der Waals surface area contributed by atoms with Gasteiger partial charge in [0.1, 0.15) is 0 Å². The summed E-state index contributed by atoms with van der Waals surface area (Å²) >= 11 is 0. The number of rotatable bonds is 10. The first kappa shape index (κ1) is 14.5. The lowest BCUT2D eigenvalue weighted by atomic mass is 9.86. The second-order valence-electron chi connectivity index (χ2n) is 5.59. The van der Waals surface area contributed by atoms with Gasteiger partial charge in [0, 0.05) is 32.2 Å². The molecular formula is C15H28N2. The van der Waals surface area contributed by atoms with Crippen LogP contribution in [-0.4, -0.2) is 37.1 Å². The highest BCUT2D eigenvalue weighted by atomic mass is 15.1. The first-order valence-electron chi connectivity index (χ1n) is 6.81. The molecule has 1 rings (SSSR count). The number of hydrogen-bond acceptors (Lipinski definition) is 2. The molecule has 1 aliphatic rings. The van der Waals surface area contributed by atoms with Crippen molar-refractivity contribution in [2.24, 2.45) is 5.41 Å². The average molecular weight is 236 g/mol. The van der Waals surface area contributed by atoms with Crippen LogP contribution in [0, 0.1) is 5.41 Å². The first-order valence-corrected chi connectivity index (χ1v) is 6.81. The normalized spacial score (nSPS) is 19.0. The van der Waals surface area contributed by atoms with E-state index in [1.54, 1.807) is 0 Å². The molecule has 0 amide bonds. The van der Waals surface area contributed by atoms with E-state index in [-0.39, 0.29) is 0 Å². The molecule has 0 spiro atoms. The quantitative estimate of drug-likeness (QED) is 0.587. The van der Waals surface area contributed by atoms with Gasteiger partial charge in [0.2, 0.25) is 0 Å². The molecule has 1 N–H and O–H groups in total. The molecule has 1 saturated carbocycles. The monoisotopic (exact) mass is 236 g/mol. The van der Waals surface area contributed by atoms with Crippen molar-refractivity contribution in [3.05, 3.63) is 25.3 Å². The SMILES string of the molecule is C=CCN(CC=C)CC(C)(CC)CNC1CC1. The molecule has 2 nitrogen and oxygen atoms in total. The van der Waals surface area contributed by atoms with E-state index in [2.05, 4.69) is 37.2 Å². The van der Waals surface area contributed by atoms with Crippen molar-refractivity contribution in [1.29, 1.82) is 0 Å². The molecule has 2 heteroatoms. The summed E-state index contributed by atoms with van der Waals surface area (Å²) in [7, 11) is 0. The van der Waals surface area contributed by atoms with Gasteiger partial charge in [0.05, 0.1) is 0 Å². The number of hydrogen-bond donors (Lipinski definition) is 1. The van der Waals surface area contributed by atoms with E-state index in [4.69, 9.17) is 0 Å². The predicted molar refractivity (Wildman–Crippen MR) is 76.3 cm³/mol. The van der Waals surface area contributed by atoms with Crippen LogP contribution < -0.4 is 5.32 Å². The minimum Gasteiger partial charge on any atom is -0.313 e. The van der Waals surface area contributed by atoms with E-state index in [1.165, 1.54) is 19.3 Å². The van der Waals surface area contributed by atoms with Crippen molar-refractivity contribution in [1.82, 2.24) is 10.2 Å². The van der Waals surface area contributed by atoms with Crippen molar-refractivity contribution in [2.75, 3.05) is 26.2 Å². The lowest BCUT2D eigenvalue weighted by Crippen LogP contribution is -2.42. The third-order valence-electron chi connectivity index (χ3n) is 3.63. The molecule has 0 radical (unpaired) electrons.